The van der Waals surface area contributed by atoms with Gasteiger partial charge in [-0.25, -0.2) is 4.98 Å². The van der Waals surface area contributed by atoms with Gasteiger partial charge in [0.15, 0.2) is 5.58 Å². The molecule has 1 radical (unpaired) electrons. The Hall–Kier alpha value is -7.24. The molecule has 9 heteroatoms. The predicted octanol–water partition coefficient (Wildman–Crippen LogP) is 16.3. The van der Waals surface area contributed by atoms with Gasteiger partial charge >= 0.3 is 0 Å². The van der Waals surface area contributed by atoms with Crippen LogP contribution < -0.4 is 0 Å². The minimum atomic E-state index is -2.70. The van der Waals surface area contributed by atoms with Gasteiger partial charge in [-0.3, -0.25) is 15.0 Å². The Morgan fingerprint density at radius 3 is 2.07 bits per heavy atom. The van der Waals surface area contributed by atoms with Crippen molar-refractivity contribution in [3.05, 3.63) is 173 Å². The third-order valence-corrected chi connectivity index (χ3v) is 12.9. The van der Waals surface area contributed by atoms with Crippen molar-refractivity contribution in [2.45, 2.75) is 98.8 Å². The maximum Gasteiger partial charge on any atom is 0.200 e. The fraction of sp³-hybridized carbons (Fsp3) is 0.242. The molecule has 8 nitrogen and oxygen atoms in total. The van der Waals surface area contributed by atoms with Gasteiger partial charge in [0.05, 0.1) is 28.3 Å². The Morgan fingerprint density at radius 2 is 1.41 bits per heavy atom. The second-order valence-electron chi connectivity index (χ2n) is 20.6. The average Bonchev–Trinajstić information content (AvgIpc) is 4.10. The molecule has 0 atom stereocenters. The number of hydrogen-bond acceptors (Lipinski definition) is 7. The molecule has 0 amide bonds. The summed E-state index contributed by atoms with van der Waals surface area (Å²) in [5, 5.41) is 13.7. The Balaban J connectivity index is 0.000000338. The largest absolute Gasteiger partial charge is 0.500 e. The van der Waals surface area contributed by atoms with Gasteiger partial charge in [-0.1, -0.05) is 141 Å². The van der Waals surface area contributed by atoms with E-state index in [1.807, 2.05) is 87.6 Å². The molecular formula is C62H56IrN6O2-2. The van der Waals surface area contributed by atoms with Crippen LogP contribution in [0.1, 0.15) is 119 Å². The number of rotatable bonds is 6. The first kappa shape index (κ1) is 44.9. The van der Waals surface area contributed by atoms with Crippen LogP contribution in [0.5, 0.6) is 0 Å². The maximum absolute atomic E-state index is 10.5. The standard InChI is InChI=1S/C48H41N4O2.C14H15N2.Ir/c1-26(2)35-23-31(29-15-10-9-11-16-29)24-36(27(3)4)41(35)52-42-32-18-13-12-17-30(32)21-22-38(42)50-46(52)34-20-14-19-33-39-40-45(54-47(51-40)48(6,7)8)37(25-49)28(5)43(39)53-44(33)34;1-14(2,3)12-9-10-15-13(16-12)11-7-5-4-6-8-11;/h9-19,21-24,26-27H,1-8H3;4-7,9-10H,1-3H3;/q2*-1;/i5D3;;. The van der Waals surface area contributed by atoms with Crippen LogP contribution in [0.3, 0.4) is 0 Å². The third-order valence-electron chi connectivity index (χ3n) is 12.9. The molecule has 357 valence electrons. The predicted molar refractivity (Wildman–Crippen MR) is 284 cm³/mol. The van der Waals surface area contributed by atoms with E-state index in [-0.39, 0.29) is 59.6 Å². The fourth-order valence-electron chi connectivity index (χ4n) is 9.23. The van der Waals surface area contributed by atoms with E-state index in [4.69, 9.17) is 22.9 Å². The van der Waals surface area contributed by atoms with Crippen molar-refractivity contribution in [3.8, 4) is 45.7 Å². The molecule has 0 bridgehead atoms. The van der Waals surface area contributed by atoms with Gasteiger partial charge in [-0.15, -0.1) is 54.1 Å². The molecule has 0 unspecified atom stereocenters. The Morgan fingerprint density at radius 1 is 0.690 bits per heavy atom. The van der Waals surface area contributed by atoms with Gasteiger partial charge in [-0.2, -0.15) is 5.26 Å². The van der Waals surface area contributed by atoms with Crippen LogP contribution in [-0.4, -0.2) is 24.5 Å². The van der Waals surface area contributed by atoms with Crippen LogP contribution in [0.25, 0.3) is 94.4 Å². The van der Waals surface area contributed by atoms with Crippen molar-refractivity contribution < 1.29 is 33.1 Å². The third kappa shape index (κ3) is 8.75. The van der Waals surface area contributed by atoms with Crippen molar-refractivity contribution in [1.29, 1.82) is 5.26 Å². The molecule has 4 aromatic heterocycles. The number of fused-ring (bicyclic) bond motifs is 8. The molecule has 0 aliphatic rings. The number of oxazole rings is 1. The summed E-state index contributed by atoms with van der Waals surface area (Å²) in [5.74, 6) is 2.01. The molecule has 0 N–H and O–H groups in total. The number of benzene rings is 7. The maximum atomic E-state index is 10.5. The van der Waals surface area contributed by atoms with Crippen molar-refractivity contribution in [2.75, 3.05) is 0 Å². The zero-order valence-electron chi connectivity index (χ0n) is 44.6. The van der Waals surface area contributed by atoms with E-state index in [1.54, 1.807) is 0 Å². The van der Waals surface area contributed by atoms with E-state index >= 15 is 0 Å². The van der Waals surface area contributed by atoms with Gasteiger partial charge in [0.25, 0.3) is 0 Å². The number of imidazole rings is 1. The number of furan rings is 1. The second-order valence-corrected chi connectivity index (χ2v) is 20.6. The Bertz CT molecular complexity index is 3920. The fourth-order valence-corrected chi connectivity index (χ4v) is 9.23. The first-order valence-electron chi connectivity index (χ1n) is 25.3. The number of hydrogen-bond donors (Lipinski definition) is 0. The van der Waals surface area contributed by atoms with E-state index < -0.39 is 12.3 Å². The topological polar surface area (TPSA) is 107 Å². The van der Waals surface area contributed by atoms with E-state index in [9.17, 15) is 5.26 Å². The van der Waals surface area contributed by atoms with Crippen LogP contribution in [-0.2, 0) is 30.9 Å². The molecule has 0 spiro atoms. The summed E-state index contributed by atoms with van der Waals surface area (Å²) >= 11 is 0. The van der Waals surface area contributed by atoms with Gasteiger partial charge in [-0.05, 0) is 70.6 Å². The molecule has 4 heterocycles. The van der Waals surface area contributed by atoms with Crippen molar-refractivity contribution in [1.82, 2.24) is 24.5 Å². The van der Waals surface area contributed by atoms with Gasteiger partial charge in [0, 0.05) is 69.0 Å². The molecule has 0 aliphatic carbocycles. The smallest absolute Gasteiger partial charge is 0.200 e. The molecule has 0 aliphatic heterocycles. The van der Waals surface area contributed by atoms with Crippen LogP contribution in [0.2, 0.25) is 0 Å². The molecule has 0 fully saturated rings. The quantitative estimate of drug-likeness (QED) is 0.153. The summed E-state index contributed by atoms with van der Waals surface area (Å²) in [6.45, 7) is 18.5. The number of aryl methyl sites for hydroxylation is 1. The molecule has 7 aromatic carbocycles. The number of nitriles is 1. The van der Waals surface area contributed by atoms with Crippen molar-refractivity contribution >= 4 is 54.8 Å². The molecule has 11 rings (SSSR count). The van der Waals surface area contributed by atoms with E-state index in [1.165, 1.54) is 0 Å². The minimum absolute atomic E-state index is 0. The zero-order chi connectivity index (χ0) is 51.7. The summed E-state index contributed by atoms with van der Waals surface area (Å²) in [4.78, 5) is 19.1. The van der Waals surface area contributed by atoms with E-state index in [0.29, 0.717) is 39.2 Å². The van der Waals surface area contributed by atoms with Crippen LogP contribution in [0, 0.1) is 30.3 Å². The van der Waals surface area contributed by atoms with Crippen LogP contribution in [0.4, 0.5) is 0 Å². The van der Waals surface area contributed by atoms with Crippen LogP contribution >= 0.6 is 0 Å². The van der Waals surface area contributed by atoms with E-state index in [2.05, 4.69) is 142 Å². The molecule has 0 saturated heterocycles. The first-order chi connectivity index (χ1) is 34.7. The van der Waals surface area contributed by atoms with Gasteiger partial charge < -0.3 is 13.4 Å². The molecular weight excluding hydrogens is 1050 g/mol. The average molecular weight is 1110 g/mol. The van der Waals surface area contributed by atoms with E-state index in [0.717, 1.165) is 66.8 Å². The second kappa shape index (κ2) is 18.8. The monoisotopic (exact) mass is 1110 g/mol. The Kier molecular flexibility index (Phi) is 11.9. The summed E-state index contributed by atoms with van der Waals surface area (Å²) in [7, 11) is 0. The minimum Gasteiger partial charge on any atom is -0.500 e. The molecule has 11 aromatic rings. The SMILES string of the molecule is CC(C)(C)c1ccnc(-c2[c-]cccc2)n1.[2H]C([2H])([2H])c1c(C#N)c2oc(C(C)(C)C)nc2c2c1oc1c(-c3nc4ccc5ccccc5c4n3-c3c(C(C)C)cc(-c4ccccc4)cc3C(C)C)[c-]ccc12.[Ir]. The summed E-state index contributed by atoms with van der Waals surface area (Å²) in [5.41, 5.74) is 10.2. The zero-order valence-corrected chi connectivity index (χ0v) is 44.0. The molecule has 0 saturated carbocycles. The van der Waals surface area contributed by atoms with Crippen molar-refractivity contribution in [2.24, 2.45) is 0 Å². The van der Waals surface area contributed by atoms with Crippen LogP contribution in [0.15, 0.2) is 136 Å². The first-order valence-corrected chi connectivity index (χ1v) is 23.8. The Labute approximate surface area is 433 Å². The summed E-state index contributed by atoms with van der Waals surface area (Å²) < 4.78 is 41.2. The summed E-state index contributed by atoms with van der Waals surface area (Å²) in [6.07, 6.45) is 1.81. The summed E-state index contributed by atoms with van der Waals surface area (Å²) in [6, 6.07) is 49.7. The normalized spacial score (nSPS) is 12.8. The number of nitrogens with zero attached hydrogens (tertiary/aromatic N) is 6. The molecule has 71 heavy (non-hydrogen) atoms. The van der Waals surface area contributed by atoms with Gasteiger partial charge in [0.2, 0.25) is 5.89 Å². The van der Waals surface area contributed by atoms with Gasteiger partial charge in [0.1, 0.15) is 22.7 Å². The van der Waals surface area contributed by atoms with Crippen molar-refractivity contribution in [3.63, 3.8) is 0 Å². The number of aromatic nitrogens is 5.